The number of nitrogens with one attached hydrogen (secondary N) is 1. The summed E-state index contributed by atoms with van der Waals surface area (Å²) in [6, 6.07) is 1.51. The van der Waals surface area contributed by atoms with E-state index in [1.807, 2.05) is 20.8 Å². The van der Waals surface area contributed by atoms with Crippen LogP contribution in [0.1, 0.15) is 37.6 Å². The molecule has 112 valence electrons. The molecule has 0 heterocycles. The molecule has 1 amide bonds. The minimum Gasteiger partial charge on any atom is -0.398 e. The van der Waals surface area contributed by atoms with Crippen molar-refractivity contribution >= 4 is 11.6 Å². The summed E-state index contributed by atoms with van der Waals surface area (Å²) < 4.78 is 26.0. The molecule has 1 unspecified atom stereocenters. The zero-order chi connectivity index (χ0) is 15.5. The number of rotatable bonds is 4. The molecule has 0 spiro atoms. The van der Waals surface area contributed by atoms with Crippen molar-refractivity contribution in [1.82, 2.24) is 5.32 Å². The lowest BCUT2D eigenvalue weighted by atomic mass is 9.89. The summed E-state index contributed by atoms with van der Waals surface area (Å²) in [5.41, 5.74) is 5.10. The van der Waals surface area contributed by atoms with Gasteiger partial charge < -0.3 is 16.2 Å². The van der Waals surface area contributed by atoms with Crippen LogP contribution in [-0.4, -0.2) is 23.7 Å². The van der Waals surface area contributed by atoms with Crippen molar-refractivity contribution < 1.29 is 18.7 Å². The van der Waals surface area contributed by atoms with E-state index >= 15 is 0 Å². The minimum absolute atomic E-state index is 0.0224. The van der Waals surface area contributed by atoms with Gasteiger partial charge in [0.1, 0.15) is 0 Å². The Morgan fingerprint density at radius 3 is 2.45 bits per heavy atom. The number of carbonyl (C=O) groups excluding carboxylic acids is 1. The second-order valence-corrected chi connectivity index (χ2v) is 5.98. The van der Waals surface area contributed by atoms with Crippen molar-refractivity contribution in [2.45, 2.75) is 33.3 Å². The lowest BCUT2D eigenvalue weighted by molar-refractivity contribution is 0.0869. The number of anilines is 1. The molecule has 0 aliphatic carbocycles. The third-order valence-corrected chi connectivity index (χ3v) is 2.68. The summed E-state index contributed by atoms with van der Waals surface area (Å²) in [6.07, 6.45) is -0.217. The highest BCUT2D eigenvalue weighted by atomic mass is 19.2. The van der Waals surface area contributed by atoms with Gasteiger partial charge in [-0.1, -0.05) is 20.8 Å². The number of hydrogen-bond donors (Lipinski definition) is 3. The molecule has 4 N–H and O–H groups in total. The van der Waals surface area contributed by atoms with Crippen LogP contribution in [0.15, 0.2) is 12.1 Å². The van der Waals surface area contributed by atoms with Gasteiger partial charge in [0.2, 0.25) is 0 Å². The fourth-order valence-electron chi connectivity index (χ4n) is 1.84. The Bertz CT molecular complexity index is 499. The molecule has 4 nitrogen and oxygen atoms in total. The van der Waals surface area contributed by atoms with Gasteiger partial charge in [0.05, 0.1) is 11.7 Å². The van der Waals surface area contributed by atoms with Gasteiger partial charge in [0, 0.05) is 18.3 Å². The molecule has 0 saturated carbocycles. The summed E-state index contributed by atoms with van der Waals surface area (Å²) in [6.45, 7) is 5.91. The first-order valence-electron chi connectivity index (χ1n) is 6.31. The molecule has 0 saturated heterocycles. The fourth-order valence-corrected chi connectivity index (χ4v) is 1.84. The Labute approximate surface area is 117 Å². The highest BCUT2D eigenvalue weighted by Gasteiger charge is 2.19. The standard InChI is InChI=1S/C14H20F2N2O2/c1-14(2,3)6-8(19)7-18-13(20)9-4-10(15)11(16)5-12(9)17/h4-5,8,19H,6-7,17H2,1-3H3,(H,18,20). The molecule has 0 radical (unpaired) electrons. The van der Waals surface area contributed by atoms with Crippen LogP contribution in [0.25, 0.3) is 0 Å². The van der Waals surface area contributed by atoms with Crippen molar-refractivity contribution in [1.29, 1.82) is 0 Å². The lowest BCUT2D eigenvalue weighted by Crippen LogP contribution is -2.34. The first kappa shape index (κ1) is 16.4. The fraction of sp³-hybridized carbons (Fsp3) is 0.500. The van der Waals surface area contributed by atoms with Crippen molar-refractivity contribution in [2.24, 2.45) is 5.41 Å². The Morgan fingerprint density at radius 1 is 1.35 bits per heavy atom. The van der Waals surface area contributed by atoms with Gasteiger partial charge >= 0.3 is 0 Å². The second kappa shape index (κ2) is 6.17. The average molecular weight is 286 g/mol. The summed E-state index contributed by atoms with van der Waals surface area (Å²) in [5, 5.41) is 12.2. The van der Waals surface area contributed by atoms with Crippen LogP contribution < -0.4 is 11.1 Å². The van der Waals surface area contributed by atoms with Gasteiger partial charge in [0.15, 0.2) is 11.6 Å². The van der Waals surface area contributed by atoms with E-state index in [2.05, 4.69) is 5.32 Å². The Balaban J connectivity index is 2.66. The van der Waals surface area contributed by atoms with Crippen LogP contribution in [0.5, 0.6) is 0 Å². The number of aliphatic hydroxyl groups is 1. The largest absolute Gasteiger partial charge is 0.398 e. The number of hydrogen-bond acceptors (Lipinski definition) is 3. The molecule has 20 heavy (non-hydrogen) atoms. The first-order chi connectivity index (χ1) is 9.10. The predicted molar refractivity (Wildman–Crippen MR) is 73.2 cm³/mol. The number of nitrogen functional groups attached to an aromatic ring is 1. The van der Waals surface area contributed by atoms with Crippen LogP contribution in [0.3, 0.4) is 0 Å². The number of aliphatic hydroxyl groups excluding tert-OH is 1. The van der Waals surface area contributed by atoms with E-state index in [4.69, 9.17) is 5.73 Å². The number of halogens is 2. The van der Waals surface area contributed by atoms with Gasteiger partial charge in [-0.05, 0) is 17.9 Å². The van der Waals surface area contributed by atoms with Gasteiger partial charge in [0.25, 0.3) is 5.91 Å². The van der Waals surface area contributed by atoms with E-state index in [9.17, 15) is 18.7 Å². The molecule has 1 rings (SSSR count). The van der Waals surface area contributed by atoms with Crippen molar-refractivity contribution in [3.63, 3.8) is 0 Å². The van der Waals surface area contributed by atoms with E-state index < -0.39 is 23.6 Å². The average Bonchev–Trinajstić information content (AvgIpc) is 2.28. The molecule has 0 aliphatic rings. The second-order valence-electron chi connectivity index (χ2n) is 5.98. The van der Waals surface area contributed by atoms with Gasteiger partial charge in [-0.2, -0.15) is 0 Å². The quantitative estimate of drug-likeness (QED) is 0.742. The van der Waals surface area contributed by atoms with Crippen LogP contribution >= 0.6 is 0 Å². The van der Waals surface area contributed by atoms with E-state index in [0.29, 0.717) is 6.42 Å². The van der Waals surface area contributed by atoms with Gasteiger partial charge in [-0.3, -0.25) is 4.79 Å². The summed E-state index contributed by atoms with van der Waals surface area (Å²) in [5.74, 6) is -2.89. The van der Waals surface area contributed by atoms with E-state index in [0.717, 1.165) is 12.1 Å². The molecular formula is C14H20F2N2O2. The van der Waals surface area contributed by atoms with Crippen LogP contribution in [-0.2, 0) is 0 Å². The number of amides is 1. The molecule has 1 atom stereocenters. The van der Waals surface area contributed by atoms with Crippen molar-refractivity contribution in [3.8, 4) is 0 Å². The maximum Gasteiger partial charge on any atom is 0.253 e. The molecular weight excluding hydrogens is 266 g/mol. The van der Waals surface area contributed by atoms with Crippen molar-refractivity contribution in [3.05, 3.63) is 29.3 Å². The van der Waals surface area contributed by atoms with Crippen LogP contribution in [0.2, 0.25) is 0 Å². The highest BCUT2D eigenvalue weighted by molar-refractivity contribution is 5.99. The molecule has 0 aliphatic heterocycles. The third-order valence-electron chi connectivity index (χ3n) is 2.68. The van der Waals surface area contributed by atoms with E-state index in [1.54, 1.807) is 0 Å². The smallest absolute Gasteiger partial charge is 0.253 e. The van der Waals surface area contributed by atoms with Gasteiger partial charge in [-0.15, -0.1) is 0 Å². The predicted octanol–water partition coefficient (Wildman–Crippen LogP) is 2.07. The maximum absolute atomic E-state index is 13.1. The number of nitrogens with two attached hydrogens (primary N) is 1. The summed E-state index contributed by atoms with van der Waals surface area (Å²) in [7, 11) is 0. The highest BCUT2D eigenvalue weighted by Crippen LogP contribution is 2.21. The zero-order valence-electron chi connectivity index (χ0n) is 11.8. The molecule has 1 aromatic rings. The molecule has 0 fully saturated rings. The van der Waals surface area contributed by atoms with Gasteiger partial charge in [-0.25, -0.2) is 8.78 Å². The molecule has 0 bridgehead atoms. The molecule has 6 heteroatoms. The number of benzene rings is 1. The summed E-state index contributed by atoms with van der Waals surface area (Å²) in [4.78, 5) is 11.8. The Morgan fingerprint density at radius 2 is 1.90 bits per heavy atom. The van der Waals surface area contributed by atoms with Crippen LogP contribution in [0.4, 0.5) is 14.5 Å². The normalized spacial score (nSPS) is 13.1. The molecule has 0 aromatic heterocycles. The van der Waals surface area contributed by atoms with Crippen molar-refractivity contribution in [2.75, 3.05) is 12.3 Å². The van der Waals surface area contributed by atoms with Crippen LogP contribution in [0, 0.1) is 17.0 Å². The lowest BCUT2D eigenvalue weighted by Gasteiger charge is -2.22. The first-order valence-corrected chi connectivity index (χ1v) is 6.31. The monoisotopic (exact) mass is 286 g/mol. The Kier molecular flexibility index (Phi) is 5.05. The zero-order valence-corrected chi connectivity index (χ0v) is 11.8. The van der Waals surface area contributed by atoms with E-state index in [1.165, 1.54) is 0 Å². The maximum atomic E-state index is 13.1. The summed E-state index contributed by atoms with van der Waals surface area (Å²) >= 11 is 0. The topological polar surface area (TPSA) is 75.3 Å². The third kappa shape index (κ3) is 4.77. The SMILES string of the molecule is CC(C)(C)CC(O)CNC(=O)c1cc(F)c(F)cc1N. The minimum atomic E-state index is -1.14. The molecule has 1 aromatic carbocycles. The number of carbonyl (C=O) groups is 1. The Hall–Kier alpha value is -1.69. The van der Waals surface area contributed by atoms with E-state index in [-0.39, 0.29) is 23.2 Å².